The molecule has 1 amide bonds. The number of phenolic OH excluding ortho intramolecular Hbond substituents is 2. The van der Waals surface area contributed by atoms with Crippen molar-refractivity contribution in [1.29, 1.82) is 0 Å². The Kier molecular flexibility index (Phi) is 9.16. The molecule has 0 aliphatic carbocycles. The van der Waals surface area contributed by atoms with E-state index in [1.807, 2.05) is 5.32 Å². The molecule has 2 atom stereocenters. The predicted molar refractivity (Wildman–Crippen MR) is 86.6 cm³/mol. The molecule has 0 radical (unpaired) electrons. The average Bonchev–Trinajstić information content (AvgIpc) is 2.49. The lowest BCUT2D eigenvalue weighted by Crippen LogP contribution is -2.41. The van der Waals surface area contributed by atoms with E-state index in [1.54, 1.807) is 0 Å². The highest BCUT2D eigenvalue weighted by atomic mass is 16.4. The highest BCUT2D eigenvalue weighted by Gasteiger charge is 2.21. The molecule has 0 bridgehead atoms. The van der Waals surface area contributed by atoms with Crippen LogP contribution in [0.3, 0.4) is 0 Å². The zero-order valence-electron chi connectivity index (χ0n) is 13.7. The highest BCUT2D eigenvalue weighted by molar-refractivity contribution is 5.85. The number of phenols is 2. The first-order valence-corrected chi connectivity index (χ1v) is 7.15. The molecule has 0 aliphatic heterocycles. The molecule has 0 fully saturated rings. The number of amides is 1. The molecule has 0 aliphatic rings. The van der Waals surface area contributed by atoms with Gasteiger partial charge in [0.25, 0.3) is 0 Å². The number of benzene rings is 1. The molecule has 0 spiro atoms. The van der Waals surface area contributed by atoms with Crippen LogP contribution in [-0.2, 0) is 25.6 Å². The van der Waals surface area contributed by atoms with E-state index in [2.05, 4.69) is 0 Å². The van der Waals surface area contributed by atoms with E-state index >= 15 is 0 Å². The fourth-order valence-electron chi connectivity index (χ4n) is 1.66. The highest BCUT2D eigenvalue weighted by Crippen LogP contribution is 2.25. The number of carbonyl (C=O) groups is 4. The summed E-state index contributed by atoms with van der Waals surface area (Å²) in [7, 11) is 0. The Morgan fingerprint density at radius 1 is 1.04 bits per heavy atom. The van der Waals surface area contributed by atoms with Crippen LogP contribution in [0.2, 0.25) is 0 Å². The predicted octanol–water partition coefficient (Wildman–Crippen LogP) is -0.897. The first-order chi connectivity index (χ1) is 11.9. The molecular weight excluding hydrogens is 352 g/mol. The normalized spacial score (nSPS) is 12.1. The maximum absolute atomic E-state index is 10.4. The Hall–Kier alpha value is -3.34. The minimum atomic E-state index is -1.35. The molecule has 11 nitrogen and oxygen atoms in total. The summed E-state index contributed by atoms with van der Waals surface area (Å²) in [5.41, 5.74) is 5.86. The van der Waals surface area contributed by atoms with Crippen LogP contribution >= 0.6 is 0 Å². The van der Waals surface area contributed by atoms with Gasteiger partial charge in [-0.05, 0) is 24.1 Å². The Morgan fingerprint density at radius 2 is 1.62 bits per heavy atom. The van der Waals surface area contributed by atoms with Gasteiger partial charge in [-0.1, -0.05) is 6.07 Å². The second-order valence-corrected chi connectivity index (χ2v) is 5.16. The number of hydrogen-bond acceptors (Lipinski definition) is 7. The van der Waals surface area contributed by atoms with Crippen molar-refractivity contribution in [2.24, 2.45) is 5.73 Å². The van der Waals surface area contributed by atoms with Crippen LogP contribution in [0.1, 0.15) is 18.9 Å². The van der Waals surface area contributed by atoms with Crippen molar-refractivity contribution in [3.05, 3.63) is 23.8 Å². The van der Waals surface area contributed by atoms with E-state index in [-0.39, 0.29) is 17.9 Å². The third kappa shape index (κ3) is 9.08. The number of aromatic hydroxyl groups is 2. The first-order valence-electron chi connectivity index (χ1n) is 7.15. The Balaban J connectivity index is 0.000000488. The third-order valence-electron chi connectivity index (χ3n) is 2.87. The number of carbonyl (C=O) groups excluding carboxylic acids is 1. The molecule has 0 heterocycles. The fraction of sp³-hybridized carbons (Fsp3) is 0.333. The van der Waals surface area contributed by atoms with Crippen molar-refractivity contribution in [2.75, 3.05) is 0 Å². The van der Waals surface area contributed by atoms with E-state index in [1.165, 1.54) is 18.2 Å². The van der Waals surface area contributed by atoms with Crippen LogP contribution in [-0.4, -0.2) is 61.4 Å². The van der Waals surface area contributed by atoms with Crippen LogP contribution in [0.25, 0.3) is 0 Å². The van der Waals surface area contributed by atoms with Crippen molar-refractivity contribution in [3.63, 3.8) is 0 Å². The Labute approximate surface area is 147 Å². The maximum Gasteiger partial charge on any atom is 0.326 e. The number of nitrogens with two attached hydrogens (primary N) is 1. The van der Waals surface area contributed by atoms with Gasteiger partial charge in [-0.2, -0.15) is 0 Å². The summed E-state index contributed by atoms with van der Waals surface area (Å²) in [6, 6.07) is 1.74. The molecule has 1 aromatic rings. The van der Waals surface area contributed by atoms with Crippen molar-refractivity contribution >= 4 is 23.8 Å². The smallest absolute Gasteiger partial charge is 0.326 e. The second kappa shape index (κ2) is 10.5. The Morgan fingerprint density at radius 3 is 2.00 bits per heavy atom. The van der Waals surface area contributed by atoms with Crippen LogP contribution in [0.15, 0.2) is 18.2 Å². The Bertz CT molecular complexity index is 659. The zero-order valence-corrected chi connectivity index (χ0v) is 13.7. The number of nitrogens with one attached hydrogen (secondary N) is 1. The summed E-state index contributed by atoms with van der Waals surface area (Å²) >= 11 is 0. The van der Waals surface area contributed by atoms with Crippen molar-refractivity contribution < 1.29 is 44.7 Å². The average molecular weight is 372 g/mol. The van der Waals surface area contributed by atoms with Gasteiger partial charge >= 0.3 is 17.9 Å². The molecule has 1 aromatic carbocycles. The lowest BCUT2D eigenvalue weighted by molar-refractivity contribution is -0.147. The monoisotopic (exact) mass is 372 g/mol. The molecule has 1 rings (SSSR count). The first kappa shape index (κ1) is 22.7. The number of rotatable bonds is 7. The van der Waals surface area contributed by atoms with E-state index in [0.29, 0.717) is 5.56 Å². The largest absolute Gasteiger partial charge is 0.504 e. The standard InChI is InChI=1S/C9H11NO4.C6H9NO5/c10-6(9(13)14)3-5-1-2-7(11)8(12)4-5;1-3(8)7-4(6(11)12)2-5(9)10/h1-2,4,6,11-12H,3,10H2,(H,13,14);4H,2H2,1H3,(H,7,8)(H,9,10)(H,11,12)/t6-;4-/m00/s1. The van der Waals surface area contributed by atoms with Crippen molar-refractivity contribution in [2.45, 2.75) is 31.8 Å². The minimum Gasteiger partial charge on any atom is -0.504 e. The molecule has 8 N–H and O–H groups in total. The summed E-state index contributed by atoms with van der Waals surface area (Å²) in [5, 5.41) is 45.2. The topological polar surface area (TPSA) is 207 Å². The molecule has 0 saturated carbocycles. The van der Waals surface area contributed by atoms with Gasteiger partial charge in [0.1, 0.15) is 12.1 Å². The molecule has 11 heteroatoms. The lowest BCUT2D eigenvalue weighted by Gasteiger charge is -2.09. The van der Waals surface area contributed by atoms with Crippen LogP contribution < -0.4 is 11.1 Å². The van der Waals surface area contributed by atoms with Gasteiger partial charge in [-0.15, -0.1) is 0 Å². The van der Waals surface area contributed by atoms with Gasteiger partial charge in [0, 0.05) is 6.92 Å². The van der Waals surface area contributed by atoms with Gasteiger partial charge in [0.15, 0.2) is 11.5 Å². The minimum absolute atomic E-state index is 0.114. The van der Waals surface area contributed by atoms with Gasteiger partial charge in [0.2, 0.25) is 5.91 Å². The van der Waals surface area contributed by atoms with Gasteiger partial charge in [-0.25, -0.2) is 4.79 Å². The third-order valence-corrected chi connectivity index (χ3v) is 2.87. The maximum atomic E-state index is 10.4. The SMILES string of the molecule is CC(=O)N[C@@H](CC(=O)O)C(=O)O.N[C@@H](Cc1ccc(O)c(O)c1)C(=O)O. The molecule has 0 saturated heterocycles. The summed E-state index contributed by atoms with van der Waals surface area (Å²) in [6.45, 7) is 1.12. The molecule has 26 heavy (non-hydrogen) atoms. The van der Waals surface area contributed by atoms with E-state index in [9.17, 15) is 19.2 Å². The second-order valence-electron chi connectivity index (χ2n) is 5.16. The molecule has 144 valence electrons. The summed E-state index contributed by atoms with van der Waals surface area (Å²) in [5.74, 6) is -4.80. The quantitative estimate of drug-likeness (QED) is 0.293. The number of aliphatic carboxylic acids is 3. The molecular formula is C15H20N2O9. The van der Waals surface area contributed by atoms with Crippen LogP contribution in [0.4, 0.5) is 0 Å². The van der Waals surface area contributed by atoms with Gasteiger partial charge in [0.05, 0.1) is 6.42 Å². The number of carboxylic acids is 3. The number of carboxylic acid groups (broad SMARTS) is 3. The van der Waals surface area contributed by atoms with Crippen LogP contribution in [0, 0.1) is 0 Å². The van der Waals surface area contributed by atoms with E-state index < -0.39 is 42.3 Å². The van der Waals surface area contributed by atoms with Gasteiger partial charge in [-0.3, -0.25) is 14.4 Å². The van der Waals surface area contributed by atoms with Crippen molar-refractivity contribution in [1.82, 2.24) is 5.32 Å². The summed E-state index contributed by atoms with van der Waals surface area (Å²) in [6.07, 6.45) is -0.502. The fourth-order valence-corrected chi connectivity index (χ4v) is 1.66. The van der Waals surface area contributed by atoms with Gasteiger partial charge < -0.3 is 36.6 Å². The summed E-state index contributed by atoms with van der Waals surface area (Å²) in [4.78, 5) is 41.2. The number of hydrogen-bond donors (Lipinski definition) is 7. The molecule has 0 aromatic heterocycles. The summed E-state index contributed by atoms with van der Waals surface area (Å²) < 4.78 is 0. The van der Waals surface area contributed by atoms with Crippen LogP contribution in [0.5, 0.6) is 11.5 Å². The van der Waals surface area contributed by atoms with E-state index in [4.69, 9.17) is 31.3 Å². The lowest BCUT2D eigenvalue weighted by atomic mass is 10.1. The molecule has 0 unspecified atom stereocenters. The van der Waals surface area contributed by atoms with E-state index in [0.717, 1.165) is 6.92 Å². The zero-order chi connectivity index (χ0) is 20.4. The van der Waals surface area contributed by atoms with Crippen molar-refractivity contribution in [3.8, 4) is 11.5 Å².